The molecule has 0 radical (unpaired) electrons. The van der Waals surface area contributed by atoms with Crippen LogP contribution in [0.3, 0.4) is 0 Å². The smallest absolute Gasteiger partial charge is 0.214 e. The molecule has 3 rings (SSSR count). The lowest BCUT2D eigenvalue weighted by molar-refractivity contribution is 0.585. The van der Waals surface area contributed by atoms with Crippen molar-refractivity contribution in [3.63, 3.8) is 0 Å². The Balaban J connectivity index is 1.87. The van der Waals surface area contributed by atoms with E-state index < -0.39 is 5.95 Å². The molecule has 0 saturated carbocycles. The number of rotatable bonds is 3. The van der Waals surface area contributed by atoms with E-state index in [4.69, 9.17) is 0 Å². The lowest BCUT2D eigenvalue weighted by atomic mass is 10.3. The highest BCUT2D eigenvalue weighted by Crippen LogP contribution is 2.13. The summed E-state index contributed by atoms with van der Waals surface area (Å²) in [5.74, 6) is 0.0325. The highest BCUT2D eigenvalue weighted by molar-refractivity contribution is 5.44. The fourth-order valence-corrected chi connectivity index (χ4v) is 2.06. The zero-order valence-corrected chi connectivity index (χ0v) is 10.5. The van der Waals surface area contributed by atoms with Crippen molar-refractivity contribution in [2.24, 2.45) is 0 Å². The molecular weight excluding hydrogens is 243 g/mol. The predicted molar refractivity (Wildman–Crippen MR) is 71.5 cm³/mol. The molecule has 0 bridgehead atoms. The molecule has 0 atom stereocenters. The maximum absolute atomic E-state index is 13.0. The molecule has 0 aliphatic rings. The molecular formula is C14H13FN4. The van der Waals surface area contributed by atoms with Gasteiger partial charge in [-0.05, 0) is 31.2 Å². The fourth-order valence-electron chi connectivity index (χ4n) is 2.06. The van der Waals surface area contributed by atoms with E-state index in [1.165, 1.54) is 6.07 Å². The van der Waals surface area contributed by atoms with Gasteiger partial charge in [0.2, 0.25) is 5.95 Å². The normalized spacial score (nSPS) is 10.8. The van der Waals surface area contributed by atoms with Gasteiger partial charge in [0.1, 0.15) is 11.5 Å². The Morgan fingerprint density at radius 2 is 2.05 bits per heavy atom. The zero-order valence-electron chi connectivity index (χ0n) is 10.5. The summed E-state index contributed by atoms with van der Waals surface area (Å²) in [7, 11) is 0. The van der Waals surface area contributed by atoms with Gasteiger partial charge in [0.05, 0.1) is 17.9 Å². The van der Waals surface area contributed by atoms with Gasteiger partial charge in [-0.15, -0.1) is 0 Å². The fraction of sp³-hybridized carbons (Fsp3) is 0.143. The van der Waals surface area contributed by atoms with E-state index in [0.717, 1.165) is 17.0 Å². The minimum Gasteiger partial charge on any atom is -0.364 e. The van der Waals surface area contributed by atoms with Crippen molar-refractivity contribution in [2.75, 3.05) is 5.32 Å². The second-order valence-electron chi connectivity index (χ2n) is 4.27. The van der Waals surface area contributed by atoms with Gasteiger partial charge in [-0.1, -0.05) is 12.1 Å². The number of aryl methyl sites for hydroxylation is 1. The van der Waals surface area contributed by atoms with Gasteiger partial charge >= 0.3 is 0 Å². The summed E-state index contributed by atoms with van der Waals surface area (Å²) in [6, 6.07) is 10.6. The van der Waals surface area contributed by atoms with Crippen molar-refractivity contribution < 1.29 is 4.39 Å². The van der Waals surface area contributed by atoms with Gasteiger partial charge in [0, 0.05) is 6.20 Å². The van der Waals surface area contributed by atoms with E-state index >= 15 is 0 Å². The second kappa shape index (κ2) is 4.68. The minimum atomic E-state index is -0.486. The lowest BCUT2D eigenvalue weighted by Gasteiger charge is -2.06. The Hall–Kier alpha value is -2.43. The molecule has 0 aliphatic carbocycles. The number of anilines is 1. The molecule has 3 aromatic rings. The highest BCUT2D eigenvalue weighted by Gasteiger charge is 2.07. The van der Waals surface area contributed by atoms with Crippen LogP contribution in [-0.4, -0.2) is 14.4 Å². The van der Waals surface area contributed by atoms with Gasteiger partial charge < -0.3 is 9.72 Å². The summed E-state index contributed by atoms with van der Waals surface area (Å²) in [5.41, 5.74) is 2.90. The van der Waals surface area contributed by atoms with Crippen LogP contribution in [0.1, 0.15) is 11.4 Å². The summed E-state index contributed by atoms with van der Waals surface area (Å²) in [6.45, 7) is 2.51. The van der Waals surface area contributed by atoms with Gasteiger partial charge in [0.15, 0.2) is 0 Å². The third-order valence-electron chi connectivity index (χ3n) is 2.98. The zero-order chi connectivity index (χ0) is 13.2. The molecule has 0 aromatic carbocycles. The van der Waals surface area contributed by atoms with E-state index in [0.29, 0.717) is 12.4 Å². The van der Waals surface area contributed by atoms with Crippen molar-refractivity contribution in [3.05, 3.63) is 59.9 Å². The number of fused-ring (bicyclic) bond motifs is 1. The molecule has 0 spiro atoms. The monoisotopic (exact) mass is 256 g/mol. The Labute approximate surface area is 109 Å². The van der Waals surface area contributed by atoms with Crippen molar-refractivity contribution in [3.8, 4) is 0 Å². The van der Waals surface area contributed by atoms with Crippen molar-refractivity contribution >= 4 is 11.5 Å². The quantitative estimate of drug-likeness (QED) is 0.733. The second-order valence-corrected chi connectivity index (χ2v) is 4.27. The van der Waals surface area contributed by atoms with Crippen LogP contribution in [0.5, 0.6) is 0 Å². The van der Waals surface area contributed by atoms with Crippen LogP contribution in [0.4, 0.5) is 10.2 Å². The predicted octanol–water partition coefficient (Wildman–Crippen LogP) is 2.79. The molecule has 1 N–H and O–H groups in total. The minimum absolute atomic E-state index is 0.486. The Morgan fingerprint density at radius 1 is 1.16 bits per heavy atom. The van der Waals surface area contributed by atoms with Gasteiger partial charge in [-0.3, -0.25) is 0 Å². The number of halogens is 1. The molecule has 5 heteroatoms. The first-order chi connectivity index (χ1) is 9.24. The van der Waals surface area contributed by atoms with Crippen LogP contribution in [0.25, 0.3) is 5.65 Å². The van der Waals surface area contributed by atoms with Crippen molar-refractivity contribution in [1.82, 2.24) is 14.4 Å². The van der Waals surface area contributed by atoms with Gasteiger partial charge in [0.25, 0.3) is 0 Å². The van der Waals surface area contributed by atoms with Crippen molar-refractivity contribution in [2.45, 2.75) is 13.5 Å². The maximum Gasteiger partial charge on any atom is 0.214 e. The van der Waals surface area contributed by atoms with Crippen LogP contribution in [0.15, 0.2) is 42.6 Å². The van der Waals surface area contributed by atoms with E-state index in [1.54, 1.807) is 12.1 Å². The number of pyridine rings is 2. The lowest BCUT2D eigenvalue weighted by Crippen LogP contribution is -2.05. The number of hydrogen-bond acceptors (Lipinski definition) is 3. The van der Waals surface area contributed by atoms with E-state index in [-0.39, 0.29) is 0 Å². The Kier molecular flexibility index (Phi) is 2.87. The summed E-state index contributed by atoms with van der Waals surface area (Å²) in [5, 5.41) is 3.11. The molecule has 0 amide bonds. The summed E-state index contributed by atoms with van der Waals surface area (Å²) in [4.78, 5) is 8.25. The molecule has 0 saturated heterocycles. The number of imidazole rings is 1. The highest BCUT2D eigenvalue weighted by atomic mass is 19.1. The molecule has 4 nitrogen and oxygen atoms in total. The SMILES string of the molecule is Cc1nc2ccccn2c1CNc1cccc(F)n1. The summed E-state index contributed by atoms with van der Waals surface area (Å²) < 4.78 is 15.0. The molecule has 3 aromatic heterocycles. The van der Waals surface area contributed by atoms with Crippen LogP contribution in [-0.2, 0) is 6.54 Å². The van der Waals surface area contributed by atoms with E-state index in [1.807, 2.05) is 35.7 Å². The molecule has 0 aliphatic heterocycles. The van der Waals surface area contributed by atoms with Crippen LogP contribution < -0.4 is 5.32 Å². The van der Waals surface area contributed by atoms with Crippen LogP contribution in [0.2, 0.25) is 0 Å². The third kappa shape index (κ3) is 2.27. The maximum atomic E-state index is 13.0. The first-order valence-corrected chi connectivity index (χ1v) is 6.03. The molecule has 0 fully saturated rings. The average Bonchev–Trinajstić information content (AvgIpc) is 2.72. The van der Waals surface area contributed by atoms with Crippen LogP contribution in [0, 0.1) is 12.9 Å². The molecule has 3 heterocycles. The average molecular weight is 256 g/mol. The summed E-state index contributed by atoms with van der Waals surface area (Å²) in [6.07, 6.45) is 1.96. The first-order valence-electron chi connectivity index (χ1n) is 6.03. The van der Waals surface area contributed by atoms with Crippen LogP contribution >= 0.6 is 0 Å². The molecule has 19 heavy (non-hydrogen) atoms. The Bertz CT molecular complexity index is 720. The number of nitrogens with zero attached hydrogens (tertiary/aromatic N) is 3. The Morgan fingerprint density at radius 3 is 2.89 bits per heavy atom. The van der Waals surface area contributed by atoms with Crippen molar-refractivity contribution in [1.29, 1.82) is 0 Å². The van der Waals surface area contributed by atoms with Gasteiger partial charge in [-0.2, -0.15) is 4.39 Å². The third-order valence-corrected chi connectivity index (χ3v) is 2.98. The summed E-state index contributed by atoms with van der Waals surface area (Å²) >= 11 is 0. The molecule has 0 unspecified atom stereocenters. The number of hydrogen-bond donors (Lipinski definition) is 1. The number of nitrogens with one attached hydrogen (secondary N) is 1. The first kappa shape index (κ1) is 11.6. The standard InChI is InChI=1S/C14H13FN4/c1-10-11(19-8-3-2-7-14(19)17-10)9-16-13-6-4-5-12(15)18-13/h2-8H,9H2,1H3,(H,16,18). The number of aromatic nitrogens is 3. The van der Waals surface area contributed by atoms with Gasteiger partial charge in [-0.25, -0.2) is 9.97 Å². The van der Waals surface area contributed by atoms with E-state index in [2.05, 4.69) is 15.3 Å². The molecule has 96 valence electrons. The van der Waals surface area contributed by atoms with E-state index in [9.17, 15) is 4.39 Å². The largest absolute Gasteiger partial charge is 0.364 e. The topological polar surface area (TPSA) is 42.2 Å².